The zero-order valence-corrected chi connectivity index (χ0v) is 87.3. The molecule has 3 saturated heterocycles. The van der Waals surface area contributed by atoms with Crippen LogP contribution in [-0.4, -0.2) is 123 Å². The van der Waals surface area contributed by atoms with E-state index in [0.29, 0.717) is 4.90 Å². The number of benzene rings is 5. The van der Waals surface area contributed by atoms with Gasteiger partial charge in [0.1, 0.15) is 5.65 Å². The first-order valence-corrected chi connectivity index (χ1v) is 51.4. The van der Waals surface area contributed by atoms with Crippen LogP contribution in [0.1, 0.15) is 160 Å². The second-order valence-corrected chi connectivity index (χ2v) is 45.2. The number of nitrogens with two attached hydrogens (primary N) is 1. The van der Waals surface area contributed by atoms with Gasteiger partial charge in [0.15, 0.2) is 11.3 Å². The van der Waals surface area contributed by atoms with Crippen molar-refractivity contribution in [2.75, 3.05) is 71.2 Å². The standard InChI is InChI=1S/C31H37N5OS3.C27H29N5S2.C23H29N5OS2.C7H8BrNS.CH4.ClH.H2N18.Na/c1-5-38-24-12-8-9-13-25(24)39-26-21-33-29(36-19-16-32-28(26)36)35-17-14-31(15-18-35)20-22-10-6-7-11-23(22)27(31)34-40(37)30(2,3)4;1-2-33-21-9-5-6-10-22(21)34-23-18-30-26(32-16-13-29-25(23)32)31-14-11-27(12-15-31)17-19-7-3-4-8-20(19)24(27)28;1-22(2,3)31(29)26-19-17-7-5-4-6-16(17)14-23(19)8-11-27(12-9-23)21-25-15-18(30)20-24-10-13-28(20)21;1-2-10-7-5-9-4-3-6(7)8;;;1-3-5-7-9-11-13-15-17-18-16-14-12-10-8-6-4-2;/h6-13,16,19,21,27,34H,5,14-15,17-18,20H2,1-4H3;3-10,13,16,18,24H,2,11-12,14-15,17,28H2,1H3;4-7,10,13,15,19,26,30H,8-9,11-12,14H2,1-3H3;3-5H,2H2,1H3;1H4;1H;1-2H;/q;;;;;;;+1/p-1/b;;;;;;3-1?,4-2?,7-5+,8-6+,11-9+,12-10+,15-13+,16-14+,18-17+;/t27-,40-;24-;19-,31-;;;;;/m111...../s1. The van der Waals surface area contributed by atoms with Gasteiger partial charge in [0, 0.05) is 142 Å². The number of fused-ring (bicyclic) bond motifs is 6. The molecule has 3 fully saturated rings. The first kappa shape index (κ1) is 107. The Hall–Kier alpha value is -9.17. The number of hydrogen-bond acceptors (Lipinski definition) is 21. The molecule has 5 atom stereocenters. The predicted molar refractivity (Wildman–Crippen MR) is 542 cm³/mol. The van der Waals surface area contributed by atoms with Gasteiger partial charge in [-0.15, -0.1) is 52.6 Å². The summed E-state index contributed by atoms with van der Waals surface area (Å²) in [6, 6.07) is 45.5. The van der Waals surface area contributed by atoms with Crippen LogP contribution in [0.2, 0.25) is 0 Å². The summed E-state index contributed by atoms with van der Waals surface area (Å²) >= 11 is 17.8. The van der Waals surface area contributed by atoms with Gasteiger partial charge in [0.05, 0.1) is 53.3 Å². The molecule has 7 aromatic heterocycles. The number of imidazole rings is 3. The Morgan fingerprint density at radius 2 is 0.757 bits per heavy atom. The fourth-order valence-corrected chi connectivity index (χ4v) is 24.5. The van der Waals surface area contributed by atoms with E-state index in [2.05, 4.69) is 289 Å². The predicted octanol–water partition coefficient (Wildman–Crippen LogP) is 20.9. The van der Waals surface area contributed by atoms with E-state index in [4.69, 9.17) is 49.4 Å². The van der Waals surface area contributed by atoms with Crippen LogP contribution in [0.3, 0.4) is 0 Å². The SMILES string of the molecule is C.CC(C)(C)[S@@](=O)N[C@@H]1c2ccccc2CC12CCN(c1ncc([S-])c3nccn13)CC2.CCSc1ccccc1Sc1cnc(N2CCC3(CC2)Cc2ccccc2[C@H]3N)n2ccnc12.CCSc1ccccc1Sc1cnc(N2CCC3(CC2)Cc2ccccc2[C@H]3N[S@](=O)C(C)(C)C)n2ccnc12.CCSc1cnccc1Br.Cl.N=N/N=N/N=N/N=N/N=N/N=N/N=N/N=N/N=N.[Na+]. The smallest absolute Gasteiger partial charge is 0.775 e. The van der Waals surface area contributed by atoms with Crippen molar-refractivity contribution >= 4 is 157 Å². The molecule has 0 amide bonds. The molecular weight excluding hydrogens is 1970 g/mol. The monoisotopic (exact) mass is 2080 g/mol. The molecule has 47 heteroatoms. The normalized spacial score (nSPS) is 17.9. The zero-order valence-electron chi connectivity index (χ0n) is 76.4. The fourth-order valence-electron chi connectivity index (χ4n) is 17.4. The summed E-state index contributed by atoms with van der Waals surface area (Å²) in [6.45, 7) is 24.2. The molecule has 710 valence electrons. The van der Waals surface area contributed by atoms with Gasteiger partial charge in [-0.1, -0.05) is 149 Å². The van der Waals surface area contributed by atoms with Gasteiger partial charge >= 0.3 is 29.6 Å². The largest absolute Gasteiger partial charge is 1.00 e. The van der Waals surface area contributed by atoms with Crippen molar-refractivity contribution in [3.63, 3.8) is 0 Å². The summed E-state index contributed by atoms with van der Waals surface area (Å²) in [5.74, 6) is 6.00. The second-order valence-electron chi connectivity index (χ2n) is 33.8. The molecule has 12 aromatic rings. The Morgan fingerprint density at radius 3 is 1.13 bits per heavy atom. The minimum absolute atomic E-state index is 0. The van der Waals surface area contributed by atoms with Crippen LogP contribution in [0.4, 0.5) is 17.8 Å². The van der Waals surface area contributed by atoms with Crippen LogP contribution < -0.4 is 59.4 Å². The summed E-state index contributed by atoms with van der Waals surface area (Å²) in [4.78, 5) is 48.6. The molecule has 0 radical (unpaired) electrons. The number of nitrogens with zero attached hydrogens (tertiary/aromatic N) is 29. The van der Waals surface area contributed by atoms with E-state index >= 15 is 0 Å². The molecule has 18 rings (SSSR count). The number of hydrogen-bond donors (Lipinski definition) is 5. The van der Waals surface area contributed by atoms with E-state index in [1.54, 1.807) is 53.9 Å². The molecule has 6 aliphatic rings. The topological polar surface area (TPSA) is 443 Å². The number of thioether (sulfide) groups is 3. The van der Waals surface area contributed by atoms with Gasteiger partial charge in [-0.3, -0.25) is 18.2 Å². The first-order valence-electron chi connectivity index (χ1n) is 43.3. The quantitative estimate of drug-likeness (QED) is 0.0117. The molecule has 0 saturated carbocycles. The van der Waals surface area contributed by atoms with Crippen LogP contribution >= 0.6 is 87.1 Å². The zero-order chi connectivity index (χ0) is 93.5. The molecule has 136 heavy (non-hydrogen) atoms. The van der Waals surface area contributed by atoms with Gasteiger partial charge in [-0.2, -0.15) is 11.1 Å². The van der Waals surface area contributed by atoms with Crippen molar-refractivity contribution in [3.8, 4) is 0 Å². The van der Waals surface area contributed by atoms with Crippen LogP contribution in [0.15, 0.2) is 323 Å². The van der Waals surface area contributed by atoms with E-state index < -0.39 is 22.0 Å². The van der Waals surface area contributed by atoms with Gasteiger partial charge in [0.25, 0.3) is 0 Å². The molecule has 6 N–H and O–H groups in total. The van der Waals surface area contributed by atoms with E-state index in [-0.39, 0.29) is 93.3 Å². The van der Waals surface area contributed by atoms with Gasteiger partial charge in [-0.05, 0) is 296 Å². The number of piperidine rings is 3. The average Bonchev–Trinajstić information content (AvgIpc) is 1.61. The van der Waals surface area contributed by atoms with Crippen LogP contribution in [0.25, 0.3) is 16.9 Å². The van der Waals surface area contributed by atoms with Crippen molar-refractivity contribution in [1.29, 1.82) is 11.1 Å². The Bertz CT molecular complexity index is 6250. The van der Waals surface area contributed by atoms with Crippen molar-refractivity contribution in [3.05, 3.63) is 233 Å². The summed E-state index contributed by atoms with van der Waals surface area (Å²) in [7, 11) is -2.26. The van der Waals surface area contributed by atoms with Crippen LogP contribution in [0.5, 0.6) is 0 Å². The molecule has 0 unspecified atom stereocenters. The van der Waals surface area contributed by atoms with Crippen molar-refractivity contribution in [2.24, 2.45) is 106 Å². The molecule has 3 aliphatic heterocycles. The molecule has 10 heterocycles. The van der Waals surface area contributed by atoms with E-state index in [1.807, 2.05) is 125 Å². The minimum Gasteiger partial charge on any atom is -0.775 e. The summed E-state index contributed by atoms with van der Waals surface area (Å²) in [5, 5.41) is 45.6. The maximum absolute atomic E-state index is 13.2. The maximum Gasteiger partial charge on any atom is 1.00 e. The van der Waals surface area contributed by atoms with Gasteiger partial charge < -0.3 is 33.1 Å². The van der Waals surface area contributed by atoms with Crippen molar-refractivity contribution in [2.45, 2.75) is 194 Å². The van der Waals surface area contributed by atoms with Gasteiger partial charge in [-0.25, -0.2) is 47.8 Å². The molecule has 3 aliphatic carbocycles. The Kier molecular flexibility index (Phi) is 39.9. The van der Waals surface area contributed by atoms with Gasteiger partial charge in [0.2, 0.25) is 17.8 Å². The number of rotatable bonds is 25. The van der Waals surface area contributed by atoms with Crippen molar-refractivity contribution < 1.29 is 38.0 Å². The third-order valence-corrected chi connectivity index (χ3v) is 33.5. The summed E-state index contributed by atoms with van der Waals surface area (Å²) in [5.41, 5.74) is 30.3. The maximum atomic E-state index is 13.2. The van der Waals surface area contributed by atoms with E-state index in [1.165, 1.54) is 57.9 Å². The van der Waals surface area contributed by atoms with Crippen LogP contribution in [0, 0.1) is 27.3 Å². The van der Waals surface area contributed by atoms with E-state index in [0.717, 1.165) is 163 Å². The molecule has 0 bridgehead atoms. The average molecular weight is 2080 g/mol. The molecule has 5 aromatic carbocycles. The number of anilines is 3. The first-order chi connectivity index (χ1) is 64.5. The molecule has 3 spiro atoms. The second kappa shape index (κ2) is 50.6. The Labute approximate surface area is 859 Å². The molecular formula is C89H109BrClN34NaO2S8. The Morgan fingerprint density at radius 1 is 0.434 bits per heavy atom. The number of halogens is 2. The minimum atomic E-state index is -1.14. The summed E-state index contributed by atoms with van der Waals surface area (Å²) < 4.78 is 40.2. The number of pyridine rings is 1. The summed E-state index contributed by atoms with van der Waals surface area (Å²) in [6.07, 6.45) is 30.2. The van der Waals surface area contributed by atoms with Crippen molar-refractivity contribution in [1.82, 2.24) is 57.5 Å². The molecule has 36 nitrogen and oxygen atoms in total. The number of nitrogens with one attached hydrogen (secondary N) is 4. The fraction of sp³-hybridized carbons (Fsp3) is 0.404. The third-order valence-electron chi connectivity index (χ3n) is 23.8. The third kappa shape index (κ3) is 26.1. The van der Waals surface area contributed by atoms with Crippen LogP contribution in [-0.2, 0) is 53.9 Å². The Balaban J connectivity index is 0.000000171. The van der Waals surface area contributed by atoms with E-state index in [9.17, 15) is 8.42 Å². The number of aromatic nitrogens is 10.